The average molecular weight is 281 g/mol. The Labute approximate surface area is 122 Å². The lowest BCUT2D eigenvalue weighted by Crippen LogP contribution is -2.16. The summed E-state index contributed by atoms with van der Waals surface area (Å²) >= 11 is 0. The highest BCUT2D eigenvalue weighted by atomic mass is 16.5. The third kappa shape index (κ3) is 2.27. The lowest BCUT2D eigenvalue weighted by Gasteiger charge is -2.04. The summed E-state index contributed by atoms with van der Waals surface area (Å²) in [6.45, 7) is 5.44. The monoisotopic (exact) mass is 281 g/mol. The first-order valence-electron chi connectivity index (χ1n) is 6.67. The predicted molar refractivity (Wildman–Crippen MR) is 78.1 cm³/mol. The van der Waals surface area contributed by atoms with E-state index >= 15 is 0 Å². The number of benzene rings is 1. The zero-order chi connectivity index (χ0) is 15.0. The maximum atomic E-state index is 12.8. The van der Waals surface area contributed by atoms with Crippen molar-refractivity contribution in [3.63, 3.8) is 0 Å². The molecule has 2 aromatic heterocycles. The molecule has 0 amide bonds. The number of nitrogens with zero attached hydrogens (tertiary/aromatic N) is 3. The summed E-state index contributed by atoms with van der Waals surface area (Å²) in [7, 11) is 0. The van der Waals surface area contributed by atoms with E-state index in [0.29, 0.717) is 17.0 Å². The molecule has 0 radical (unpaired) electrons. The predicted octanol–water partition coefficient (Wildman–Crippen LogP) is 3.15. The molecule has 0 saturated carbocycles. The highest BCUT2D eigenvalue weighted by Gasteiger charge is 2.24. The van der Waals surface area contributed by atoms with Gasteiger partial charge < -0.3 is 4.52 Å². The summed E-state index contributed by atoms with van der Waals surface area (Å²) in [5.41, 5.74) is 3.44. The fourth-order valence-corrected chi connectivity index (χ4v) is 2.36. The summed E-state index contributed by atoms with van der Waals surface area (Å²) < 4.78 is 6.62. The van der Waals surface area contributed by atoms with E-state index in [1.807, 2.05) is 50.2 Å². The van der Waals surface area contributed by atoms with Crippen molar-refractivity contribution in [1.29, 1.82) is 0 Å². The number of rotatable bonds is 2. The molecular formula is C16H15N3O2. The number of hydrogen-bond acceptors (Lipinski definition) is 4. The van der Waals surface area contributed by atoms with Crippen molar-refractivity contribution in [2.24, 2.45) is 0 Å². The smallest absolute Gasteiger partial charge is 0.284 e. The Balaban J connectivity index is 2.13. The topological polar surface area (TPSA) is 60.9 Å². The van der Waals surface area contributed by atoms with Gasteiger partial charge in [0.2, 0.25) is 0 Å². The van der Waals surface area contributed by atoms with E-state index in [1.165, 1.54) is 4.68 Å². The second-order valence-electron chi connectivity index (χ2n) is 4.97. The van der Waals surface area contributed by atoms with Crippen LogP contribution >= 0.6 is 0 Å². The first-order chi connectivity index (χ1) is 10.1. The molecule has 106 valence electrons. The molecule has 0 fully saturated rings. The number of carbonyl (C=O) groups excluding carboxylic acids is 1. The minimum absolute atomic E-state index is 0.224. The second-order valence-corrected chi connectivity index (χ2v) is 4.97. The third-order valence-electron chi connectivity index (χ3n) is 3.33. The molecule has 0 aliphatic heterocycles. The summed E-state index contributed by atoms with van der Waals surface area (Å²) in [6, 6.07) is 11.4. The van der Waals surface area contributed by atoms with E-state index in [4.69, 9.17) is 4.52 Å². The number of carbonyl (C=O) groups is 1. The Bertz CT molecular complexity index is 800. The van der Waals surface area contributed by atoms with Crippen LogP contribution in [0.1, 0.15) is 27.5 Å². The fraction of sp³-hybridized carbons (Fsp3) is 0.188. The van der Waals surface area contributed by atoms with Gasteiger partial charge in [0.15, 0.2) is 0 Å². The molecule has 0 spiro atoms. The first-order valence-corrected chi connectivity index (χ1v) is 6.67. The van der Waals surface area contributed by atoms with Crippen LogP contribution in [-0.2, 0) is 0 Å². The Hall–Kier alpha value is -2.69. The van der Waals surface area contributed by atoms with Gasteiger partial charge in [0.25, 0.3) is 5.91 Å². The second kappa shape index (κ2) is 5.01. The quantitative estimate of drug-likeness (QED) is 0.724. The lowest BCUT2D eigenvalue weighted by molar-refractivity contribution is 0.0941. The fourth-order valence-electron chi connectivity index (χ4n) is 2.36. The number of aryl methyl sites for hydroxylation is 3. The molecule has 0 saturated heterocycles. The average Bonchev–Trinajstić information content (AvgIpc) is 3.02. The summed E-state index contributed by atoms with van der Waals surface area (Å²) in [5, 5.41) is 8.27. The van der Waals surface area contributed by atoms with Crippen molar-refractivity contribution in [1.82, 2.24) is 14.9 Å². The van der Waals surface area contributed by atoms with Crippen LogP contribution in [0.15, 0.2) is 40.9 Å². The van der Waals surface area contributed by atoms with Gasteiger partial charge >= 0.3 is 0 Å². The van der Waals surface area contributed by atoms with Crippen LogP contribution < -0.4 is 0 Å². The van der Waals surface area contributed by atoms with E-state index in [0.717, 1.165) is 17.0 Å². The Morgan fingerprint density at radius 3 is 2.48 bits per heavy atom. The van der Waals surface area contributed by atoms with Gasteiger partial charge in [-0.15, -0.1) is 0 Å². The zero-order valence-corrected chi connectivity index (χ0v) is 12.1. The summed E-state index contributed by atoms with van der Waals surface area (Å²) in [6.07, 6.45) is 0. The largest absolute Gasteiger partial charge is 0.360 e. The first kappa shape index (κ1) is 13.3. The molecular weight excluding hydrogens is 266 g/mol. The summed E-state index contributed by atoms with van der Waals surface area (Å²) in [4.78, 5) is 12.8. The molecule has 0 N–H and O–H groups in total. The maximum Gasteiger partial charge on any atom is 0.284 e. The van der Waals surface area contributed by atoms with Crippen molar-refractivity contribution >= 4 is 5.91 Å². The molecule has 5 heteroatoms. The number of hydrogen-bond donors (Lipinski definition) is 0. The third-order valence-corrected chi connectivity index (χ3v) is 3.33. The molecule has 5 nitrogen and oxygen atoms in total. The molecule has 21 heavy (non-hydrogen) atoms. The van der Waals surface area contributed by atoms with Crippen LogP contribution in [0.2, 0.25) is 0 Å². The van der Waals surface area contributed by atoms with Crippen molar-refractivity contribution in [2.75, 3.05) is 0 Å². The van der Waals surface area contributed by atoms with Gasteiger partial charge in [-0.05, 0) is 26.8 Å². The molecule has 0 atom stereocenters. The highest BCUT2D eigenvalue weighted by Crippen LogP contribution is 2.26. The Kier molecular flexibility index (Phi) is 3.17. The SMILES string of the molecule is Cc1cc(C)n(C(=O)c2c(-c3ccccc3)noc2C)n1. The minimum Gasteiger partial charge on any atom is -0.360 e. The molecule has 0 unspecified atom stereocenters. The van der Waals surface area contributed by atoms with Gasteiger partial charge in [-0.25, -0.2) is 4.68 Å². The standard InChI is InChI=1S/C16H15N3O2/c1-10-9-11(2)19(17-10)16(20)14-12(3)21-18-15(14)13-7-5-4-6-8-13/h4-9H,1-3H3. The van der Waals surface area contributed by atoms with Gasteiger partial charge in [0.1, 0.15) is 17.0 Å². The van der Waals surface area contributed by atoms with Crippen molar-refractivity contribution in [3.05, 3.63) is 59.1 Å². The van der Waals surface area contributed by atoms with E-state index in [9.17, 15) is 4.79 Å². The van der Waals surface area contributed by atoms with Crippen LogP contribution in [0.5, 0.6) is 0 Å². The van der Waals surface area contributed by atoms with Gasteiger partial charge in [-0.2, -0.15) is 5.10 Å². The van der Waals surface area contributed by atoms with Gasteiger partial charge in [-0.3, -0.25) is 4.79 Å². The van der Waals surface area contributed by atoms with Gasteiger partial charge in [0, 0.05) is 11.3 Å². The molecule has 0 aliphatic rings. The normalized spacial score (nSPS) is 10.8. The van der Waals surface area contributed by atoms with E-state index < -0.39 is 0 Å². The van der Waals surface area contributed by atoms with Gasteiger partial charge in [-0.1, -0.05) is 35.5 Å². The van der Waals surface area contributed by atoms with Crippen LogP contribution in [-0.4, -0.2) is 20.8 Å². The Morgan fingerprint density at radius 2 is 1.86 bits per heavy atom. The zero-order valence-electron chi connectivity index (χ0n) is 12.1. The maximum absolute atomic E-state index is 12.8. The van der Waals surface area contributed by atoms with E-state index in [2.05, 4.69) is 10.3 Å². The minimum atomic E-state index is -0.224. The van der Waals surface area contributed by atoms with Crippen molar-refractivity contribution in [2.45, 2.75) is 20.8 Å². The lowest BCUT2D eigenvalue weighted by atomic mass is 10.1. The van der Waals surface area contributed by atoms with E-state index in [-0.39, 0.29) is 5.91 Å². The van der Waals surface area contributed by atoms with Crippen LogP contribution in [0.25, 0.3) is 11.3 Å². The van der Waals surface area contributed by atoms with Crippen molar-refractivity contribution in [3.8, 4) is 11.3 Å². The summed E-state index contributed by atoms with van der Waals surface area (Å²) in [5.74, 6) is 0.268. The highest BCUT2D eigenvalue weighted by molar-refractivity contribution is 6.02. The van der Waals surface area contributed by atoms with Crippen LogP contribution in [0.3, 0.4) is 0 Å². The van der Waals surface area contributed by atoms with E-state index in [1.54, 1.807) is 6.92 Å². The molecule has 2 heterocycles. The molecule has 3 aromatic rings. The van der Waals surface area contributed by atoms with Gasteiger partial charge in [0.05, 0.1) is 5.69 Å². The molecule has 3 rings (SSSR count). The van der Waals surface area contributed by atoms with Crippen molar-refractivity contribution < 1.29 is 9.32 Å². The van der Waals surface area contributed by atoms with Crippen LogP contribution in [0.4, 0.5) is 0 Å². The molecule has 1 aromatic carbocycles. The van der Waals surface area contributed by atoms with Crippen LogP contribution in [0, 0.1) is 20.8 Å². The molecule has 0 bridgehead atoms. The Morgan fingerprint density at radius 1 is 1.14 bits per heavy atom. The molecule has 0 aliphatic carbocycles. The number of aromatic nitrogens is 3.